The van der Waals surface area contributed by atoms with Crippen molar-refractivity contribution >= 4 is 40.8 Å². The minimum atomic E-state index is -0.433. The Hall–Kier alpha value is -2.66. The van der Waals surface area contributed by atoms with Crippen LogP contribution in [0.4, 0.5) is 11.4 Å². The maximum Gasteiger partial charge on any atom is 0.341 e. The topological polar surface area (TPSA) is 64.1 Å². The molecule has 6 heteroatoms. The van der Waals surface area contributed by atoms with E-state index in [2.05, 4.69) is 34.3 Å². The summed E-state index contributed by atoms with van der Waals surface area (Å²) in [6.07, 6.45) is 2.48. The first-order valence-corrected chi connectivity index (χ1v) is 7.83. The number of carbonyl (C=O) groups excluding carboxylic acids is 1. The van der Waals surface area contributed by atoms with Gasteiger partial charge in [-0.3, -0.25) is 0 Å². The quantitative estimate of drug-likeness (QED) is 0.699. The third-order valence-electron chi connectivity index (χ3n) is 3.91. The number of fused-ring (bicyclic) bond motifs is 1. The normalized spacial score (nSPS) is 10.2. The highest BCUT2D eigenvalue weighted by atomic mass is 35.5. The Morgan fingerprint density at radius 1 is 1.16 bits per heavy atom. The highest BCUT2D eigenvalue weighted by molar-refractivity contribution is 6.05. The van der Waals surface area contributed by atoms with Crippen molar-refractivity contribution in [1.82, 2.24) is 9.97 Å². The lowest BCUT2D eigenvalue weighted by atomic mass is 10.1. The van der Waals surface area contributed by atoms with Gasteiger partial charge in [0, 0.05) is 23.0 Å². The van der Waals surface area contributed by atoms with Crippen molar-refractivity contribution < 1.29 is 9.53 Å². The van der Waals surface area contributed by atoms with Crippen LogP contribution in [0.15, 0.2) is 42.6 Å². The largest absolute Gasteiger partial charge is 0.465 e. The van der Waals surface area contributed by atoms with Gasteiger partial charge in [-0.05, 0) is 43.2 Å². The van der Waals surface area contributed by atoms with E-state index in [4.69, 9.17) is 4.74 Å². The second kappa shape index (κ2) is 7.94. The van der Waals surface area contributed by atoms with Crippen LogP contribution in [0.2, 0.25) is 0 Å². The third-order valence-corrected chi connectivity index (χ3v) is 3.91. The zero-order valence-corrected chi connectivity index (χ0v) is 15.2. The Bertz CT molecular complexity index is 895. The number of nitrogens with zero attached hydrogens (tertiary/aromatic N) is 2. The summed E-state index contributed by atoms with van der Waals surface area (Å²) in [7, 11) is 1.36. The Kier molecular flexibility index (Phi) is 5.93. The van der Waals surface area contributed by atoms with E-state index < -0.39 is 5.97 Å². The molecule has 0 fully saturated rings. The average Bonchev–Trinajstić information content (AvgIpc) is 2.61. The smallest absolute Gasteiger partial charge is 0.341 e. The fraction of sp³-hybridized carbons (Fsp3) is 0.211. The first-order chi connectivity index (χ1) is 11.6. The maximum absolute atomic E-state index is 12.1. The van der Waals surface area contributed by atoms with Crippen molar-refractivity contribution in [3.63, 3.8) is 0 Å². The van der Waals surface area contributed by atoms with Gasteiger partial charge in [-0.2, -0.15) is 0 Å². The molecule has 1 N–H and O–H groups in total. The second-order valence-corrected chi connectivity index (χ2v) is 5.54. The molecule has 0 aliphatic rings. The predicted octanol–water partition coefficient (Wildman–Crippen LogP) is 4.45. The molecular formula is C19H20ClN3O2. The number of methoxy groups -OCH3 is 1. The standard InChI is InChI=1S/C19H19N3O2.ClH/c1-4-13-6-8-14(9-7-13)22-17-15-10-5-12(2)21-18(15)20-11-16(17)19(23)24-3;/h5-11H,4H2,1-3H3,(H,20,21,22);1H. The fourth-order valence-corrected chi connectivity index (χ4v) is 2.54. The fourth-order valence-electron chi connectivity index (χ4n) is 2.54. The lowest BCUT2D eigenvalue weighted by Crippen LogP contribution is -2.08. The lowest BCUT2D eigenvalue weighted by molar-refractivity contribution is 0.0601. The van der Waals surface area contributed by atoms with Crippen molar-refractivity contribution in [2.45, 2.75) is 20.3 Å². The van der Waals surface area contributed by atoms with E-state index in [1.165, 1.54) is 18.9 Å². The number of anilines is 2. The van der Waals surface area contributed by atoms with Crippen molar-refractivity contribution in [3.8, 4) is 0 Å². The van der Waals surface area contributed by atoms with Crippen LogP contribution in [0, 0.1) is 6.92 Å². The molecule has 0 unspecified atom stereocenters. The summed E-state index contributed by atoms with van der Waals surface area (Å²) in [5, 5.41) is 4.10. The van der Waals surface area contributed by atoms with Gasteiger partial charge in [-0.25, -0.2) is 14.8 Å². The van der Waals surface area contributed by atoms with Crippen molar-refractivity contribution in [1.29, 1.82) is 0 Å². The molecule has 3 rings (SSSR count). The van der Waals surface area contributed by atoms with Gasteiger partial charge >= 0.3 is 5.97 Å². The van der Waals surface area contributed by atoms with E-state index in [-0.39, 0.29) is 12.4 Å². The molecule has 0 saturated carbocycles. The van der Waals surface area contributed by atoms with Gasteiger partial charge in [-0.1, -0.05) is 19.1 Å². The molecule has 130 valence electrons. The number of carbonyl (C=O) groups is 1. The van der Waals surface area contributed by atoms with Crippen LogP contribution >= 0.6 is 12.4 Å². The number of hydrogen-bond acceptors (Lipinski definition) is 5. The Labute approximate surface area is 152 Å². The molecule has 0 spiro atoms. The molecule has 0 aliphatic heterocycles. The number of benzene rings is 1. The van der Waals surface area contributed by atoms with Crippen LogP contribution in [0.3, 0.4) is 0 Å². The number of aromatic nitrogens is 2. The molecule has 2 heterocycles. The molecule has 1 aromatic carbocycles. The number of aryl methyl sites for hydroxylation is 2. The number of rotatable bonds is 4. The molecule has 0 atom stereocenters. The van der Waals surface area contributed by atoms with Crippen molar-refractivity contribution in [2.24, 2.45) is 0 Å². The van der Waals surface area contributed by atoms with Crippen molar-refractivity contribution in [3.05, 3.63) is 59.4 Å². The molecule has 5 nitrogen and oxygen atoms in total. The molecule has 0 bridgehead atoms. The summed E-state index contributed by atoms with van der Waals surface area (Å²) in [5.74, 6) is -0.433. The summed E-state index contributed by atoms with van der Waals surface area (Å²) in [6.45, 7) is 4.02. The van der Waals surface area contributed by atoms with Crippen molar-refractivity contribution in [2.75, 3.05) is 12.4 Å². The van der Waals surface area contributed by atoms with Crippen LogP contribution in [0.25, 0.3) is 11.0 Å². The molecule has 0 saturated heterocycles. The predicted molar refractivity (Wildman–Crippen MR) is 102 cm³/mol. The molecule has 0 aliphatic carbocycles. The van der Waals surface area contributed by atoms with Gasteiger partial charge in [0.1, 0.15) is 5.56 Å². The van der Waals surface area contributed by atoms with Gasteiger partial charge in [0.2, 0.25) is 0 Å². The van der Waals surface area contributed by atoms with Crippen LogP contribution in [-0.2, 0) is 11.2 Å². The van der Waals surface area contributed by atoms with Crippen LogP contribution < -0.4 is 5.32 Å². The van der Waals surface area contributed by atoms with E-state index in [1.54, 1.807) is 0 Å². The Morgan fingerprint density at radius 3 is 2.52 bits per heavy atom. The summed E-state index contributed by atoms with van der Waals surface area (Å²) < 4.78 is 4.88. The number of hydrogen-bond donors (Lipinski definition) is 1. The monoisotopic (exact) mass is 357 g/mol. The summed E-state index contributed by atoms with van der Waals surface area (Å²) in [5.41, 5.74) is 4.66. The first kappa shape index (κ1) is 18.7. The van der Waals surface area contributed by atoms with Gasteiger partial charge in [0.15, 0.2) is 5.65 Å². The molecular weight excluding hydrogens is 338 g/mol. The van der Waals surface area contributed by atoms with Gasteiger partial charge in [0.05, 0.1) is 12.8 Å². The zero-order valence-electron chi connectivity index (χ0n) is 14.4. The molecule has 3 aromatic rings. The zero-order chi connectivity index (χ0) is 17.1. The summed E-state index contributed by atoms with van der Waals surface area (Å²) in [4.78, 5) is 20.8. The maximum atomic E-state index is 12.1. The van der Waals surface area contributed by atoms with E-state index in [0.717, 1.165) is 23.2 Å². The number of ether oxygens (including phenoxy) is 1. The minimum absolute atomic E-state index is 0. The minimum Gasteiger partial charge on any atom is -0.465 e. The van der Waals surface area contributed by atoms with E-state index in [9.17, 15) is 4.79 Å². The van der Waals surface area contributed by atoms with Gasteiger partial charge < -0.3 is 10.1 Å². The summed E-state index contributed by atoms with van der Waals surface area (Å²) >= 11 is 0. The van der Waals surface area contributed by atoms with E-state index in [1.807, 2.05) is 31.2 Å². The average molecular weight is 358 g/mol. The third kappa shape index (κ3) is 3.88. The summed E-state index contributed by atoms with van der Waals surface area (Å²) in [6, 6.07) is 11.9. The van der Waals surface area contributed by atoms with Gasteiger partial charge in [-0.15, -0.1) is 12.4 Å². The second-order valence-electron chi connectivity index (χ2n) is 5.54. The number of nitrogens with one attached hydrogen (secondary N) is 1. The SMILES string of the molecule is CCc1ccc(Nc2c(C(=O)OC)cnc3nc(C)ccc23)cc1.Cl. The number of halogens is 1. The number of pyridine rings is 2. The van der Waals surface area contributed by atoms with Crippen LogP contribution in [0.1, 0.15) is 28.5 Å². The van der Waals surface area contributed by atoms with Gasteiger partial charge in [0.25, 0.3) is 0 Å². The highest BCUT2D eigenvalue weighted by Gasteiger charge is 2.17. The Balaban J connectivity index is 0.00000225. The molecule has 0 radical (unpaired) electrons. The lowest BCUT2D eigenvalue weighted by Gasteiger charge is -2.14. The molecule has 25 heavy (non-hydrogen) atoms. The van der Waals surface area contributed by atoms with E-state index >= 15 is 0 Å². The van der Waals surface area contributed by atoms with E-state index in [0.29, 0.717) is 16.9 Å². The molecule has 2 aromatic heterocycles. The van der Waals surface area contributed by atoms with Crippen LogP contribution in [-0.4, -0.2) is 23.0 Å². The number of esters is 1. The molecule has 0 amide bonds. The van der Waals surface area contributed by atoms with Crippen LogP contribution in [0.5, 0.6) is 0 Å². The first-order valence-electron chi connectivity index (χ1n) is 7.83. The highest BCUT2D eigenvalue weighted by Crippen LogP contribution is 2.29. The Morgan fingerprint density at radius 2 is 1.88 bits per heavy atom.